The van der Waals surface area contributed by atoms with Crippen LogP contribution in [0.3, 0.4) is 0 Å². The zero-order valence-electron chi connectivity index (χ0n) is 16.0. The number of hydrogen-bond acceptors (Lipinski definition) is 4. The fourth-order valence-electron chi connectivity index (χ4n) is 3.94. The Morgan fingerprint density at radius 2 is 1.65 bits per heavy atom. The number of carbonyl (C=O) groups excluding carboxylic acids is 1. The molecule has 2 N–H and O–H groups in total. The van der Waals surface area contributed by atoms with Crippen molar-refractivity contribution in [1.29, 1.82) is 0 Å². The summed E-state index contributed by atoms with van der Waals surface area (Å²) in [5.41, 5.74) is 0. The van der Waals surface area contributed by atoms with E-state index in [-0.39, 0.29) is 24.1 Å². The molecule has 1 unspecified atom stereocenters. The number of nitrogens with zero attached hydrogens (tertiary/aromatic N) is 1. The lowest BCUT2D eigenvalue weighted by molar-refractivity contribution is -0.125. The number of nitrogens with one attached hydrogen (secondary N) is 2. The predicted octanol–water partition coefficient (Wildman–Crippen LogP) is 2.43. The van der Waals surface area contributed by atoms with Crippen molar-refractivity contribution in [3.8, 4) is 0 Å². The van der Waals surface area contributed by atoms with E-state index in [0.29, 0.717) is 32.0 Å². The van der Waals surface area contributed by atoms with Gasteiger partial charge in [-0.1, -0.05) is 39.0 Å². The Labute approximate surface area is 165 Å². The topological polar surface area (TPSA) is 78.5 Å². The van der Waals surface area contributed by atoms with Gasteiger partial charge in [-0.15, -0.1) is 12.4 Å². The highest BCUT2D eigenvalue weighted by Gasteiger charge is 2.35. The molecule has 0 bridgehead atoms. The van der Waals surface area contributed by atoms with E-state index in [1.54, 1.807) is 0 Å². The first-order valence-corrected chi connectivity index (χ1v) is 11.7. The average molecular weight is 410 g/mol. The molecule has 0 aromatic rings. The predicted molar refractivity (Wildman–Crippen MR) is 108 cm³/mol. The van der Waals surface area contributed by atoms with Crippen LogP contribution in [0.2, 0.25) is 0 Å². The maximum Gasteiger partial charge on any atom is 0.238 e. The third kappa shape index (κ3) is 7.33. The van der Waals surface area contributed by atoms with Gasteiger partial charge in [-0.05, 0) is 32.1 Å². The minimum atomic E-state index is -3.32. The van der Waals surface area contributed by atoms with Crippen LogP contribution >= 0.6 is 12.4 Å². The average Bonchev–Trinajstić information content (AvgIpc) is 2.87. The first-order valence-electron chi connectivity index (χ1n) is 10.0. The Kier molecular flexibility index (Phi) is 11.1. The number of rotatable bonds is 8. The first kappa shape index (κ1) is 23.7. The molecule has 8 heteroatoms. The molecule has 1 amide bonds. The van der Waals surface area contributed by atoms with Crippen molar-refractivity contribution in [2.24, 2.45) is 0 Å². The van der Waals surface area contributed by atoms with Gasteiger partial charge in [0.05, 0.1) is 5.75 Å². The van der Waals surface area contributed by atoms with E-state index < -0.39 is 16.1 Å². The second-order valence-corrected chi connectivity index (χ2v) is 9.41. The molecule has 2 aliphatic rings. The van der Waals surface area contributed by atoms with Gasteiger partial charge in [0.1, 0.15) is 6.04 Å². The molecule has 1 heterocycles. The molecule has 0 aromatic carbocycles. The van der Waals surface area contributed by atoms with Crippen LogP contribution in [0.15, 0.2) is 0 Å². The SMILES string of the molecule is CCCS(=O)(=O)N1CCCCC1C(=O)NCCNC1CCCCCC1.Cl. The van der Waals surface area contributed by atoms with E-state index in [0.717, 1.165) is 19.4 Å². The monoisotopic (exact) mass is 409 g/mol. The zero-order valence-corrected chi connectivity index (χ0v) is 17.7. The fraction of sp³-hybridized carbons (Fsp3) is 0.944. The summed E-state index contributed by atoms with van der Waals surface area (Å²) in [5.74, 6) is -0.0120. The minimum Gasteiger partial charge on any atom is -0.353 e. The van der Waals surface area contributed by atoms with Gasteiger partial charge in [0, 0.05) is 25.7 Å². The summed E-state index contributed by atoms with van der Waals surface area (Å²) in [6.07, 6.45) is 10.7. The van der Waals surface area contributed by atoms with Gasteiger partial charge in [0.15, 0.2) is 0 Å². The van der Waals surface area contributed by atoms with Crippen LogP contribution in [0, 0.1) is 0 Å². The van der Waals surface area contributed by atoms with Gasteiger partial charge >= 0.3 is 0 Å². The van der Waals surface area contributed by atoms with E-state index in [2.05, 4.69) is 10.6 Å². The standard InChI is InChI=1S/C18H35N3O3S.ClH/c1-2-15-25(23,24)21-14-8-7-11-17(21)18(22)20-13-12-19-16-9-5-3-4-6-10-16;/h16-17,19H,2-15H2,1H3,(H,20,22);1H. The summed E-state index contributed by atoms with van der Waals surface area (Å²) in [6, 6.07) is 0.0405. The third-order valence-electron chi connectivity index (χ3n) is 5.29. The molecule has 26 heavy (non-hydrogen) atoms. The Morgan fingerprint density at radius 1 is 1.00 bits per heavy atom. The summed E-state index contributed by atoms with van der Waals surface area (Å²) in [5, 5.41) is 6.48. The van der Waals surface area contributed by atoms with Crippen LogP contribution in [0.1, 0.15) is 71.1 Å². The molecular weight excluding hydrogens is 374 g/mol. The molecule has 2 rings (SSSR count). The van der Waals surface area contributed by atoms with Crippen molar-refractivity contribution < 1.29 is 13.2 Å². The molecular formula is C18H36ClN3O3S. The molecule has 1 aliphatic heterocycles. The van der Waals surface area contributed by atoms with Crippen molar-refractivity contribution in [1.82, 2.24) is 14.9 Å². The van der Waals surface area contributed by atoms with E-state index in [4.69, 9.17) is 0 Å². The van der Waals surface area contributed by atoms with E-state index in [1.165, 1.54) is 42.8 Å². The summed E-state index contributed by atoms with van der Waals surface area (Å²) in [7, 11) is -3.32. The molecule has 1 saturated carbocycles. The highest BCUT2D eigenvalue weighted by Crippen LogP contribution is 2.21. The Morgan fingerprint density at radius 3 is 2.31 bits per heavy atom. The Balaban J connectivity index is 0.00000338. The molecule has 6 nitrogen and oxygen atoms in total. The lowest BCUT2D eigenvalue weighted by Gasteiger charge is -2.33. The Hall–Kier alpha value is -0.370. The number of piperidine rings is 1. The lowest BCUT2D eigenvalue weighted by Crippen LogP contribution is -2.53. The molecule has 0 radical (unpaired) electrons. The van der Waals surface area contributed by atoms with E-state index in [1.807, 2.05) is 6.92 Å². The summed E-state index contributed by atoms with van der Waals surface area (Å²) in [6.45, 7) is 3.65. The van der Waals surface area contributed by atoms with Crippen LogP contribution in [0.5, 0.6) is 0 Å². The van der Waals surface area contributed by atoms with Crippen LogP contribution in [0.25, 0.3) is 0 Å². The lowest BCUT2D eigenvalue weighted by atomic mass is 10.0. The largest absolute Gasteiger partial charge is 0.353 e. The van der Waals surface area contributed by atoms with E-state index >= 15 is 0 Å². The number of sulfonamides is 1. The van der Waals surface area contributed by atoms with Gasteiger partial charge in [-0.25, -0.2) is 8.42 Å². The van der Waals surface area contributed by atoms with Crippen molar-refractivity contribution >= 4 is 28.3 Å². The van der Waals surface area contributed by atoms with Gasteiger partial charge in [0.2, 0.25) is 15.9 Å². The molecule has 0 aromatic heterocycles. The number of hydrogen-bond donors (Lipinski definition) is 2. The third-order valence-corrected chi connectivity index (χ3v) is 7.36. The van der Waals surface area contributed by atoms with Gasteiger partial charge in [-0.3, -0.25) is 4.79 Å². The molecule has 154 valence electrons. The molecule has 1 atom stereocenters. The highest BCUT2D eigenvalue weighted by atomic mass is 35.5. The number of halogens is 1. The van der Waals surface area contributed by atoms with Crippen LogP contribution in [-0.2, 0) is 14.8 Å². The summed E-state index contributed by atoms with van der Waals surface area (Å²) in [4.78, 5) is 12.5. The highest BCUT2D eigenvalue weighted by molar-refractivity contribution is 7.89. The first-order chi connectivity index (χ1) is 12.0. The van der Waals surface area contributed by atoms with Crippen LogP contribution in [-0.4, -0.2) is 56.1 Å². The second-order valence-electron chi connectivity index (χ2n) is 7.37. The zero-order chi connectivity index (χ0) is 18.1. The van der Waals surface area contributed by atoms with Gasteiger partial charge < -0.3 is 10.6 Å². The number of amides is 1. The normalized spacial score (nSPS) is 23.0. The number of carbonyl (C=O) groups is 1. The van der Waals surface area contributed by atoms with Gasteiger partial charge in [-0.2, -0.15) is 4.31 Å². The summed E-state index contributed by atoms with van der Waals surface area (Å²) >= 11 is 0. The van der Waals surface area contributed by atoms with Crippen LogP contribution in [0.4, 0.5) is 0 Å². The maximum absolute atomic E-state index is 12.5. The van der Waals surface area contributed by atoms with Crippen LogP contribution < -0.4 is 10.6 Å². The van der Waals surface area contributed by atoms with E-state index in [9.17, 15) is 13.2 Å². The Bertz CT molecular complexity index is 508. The molecule has 1 aliphatic carbocycles. The maximum atomic E-state index is 12.5. The fourth-order valence-corrected chi connectivity index (χ4v) is 5.69. The molecule has 2 fully saturated rings. The van der Waals surface area contributed by atoms with Crippen molar-refractivity contribution in [2.45, 2.75) is 83.2 Å². The molecule has 1 saturated heterocycles. The van der Waals surface area contributed by atoms with Crippen molar-refractivity contribution in [3.63, 3.8) is 0 Å². The van der Waals surface area contributed by atoms with Gasteiger partial charge in [0.25, 0.3) is 0 Å². The minimum absolute atomic E-state index is 0. The summed E-state index contributed by atoms with van der Waals surface area (Å²) < 4.78 is 26.2. The smallest absolute Gasteiger partial charge is 0.238 e. The van der Waals surface area contributed by atoms with Crippen molar-refractivity contribution in [3.05, 3.63) is 0 Å². The molecule has 0 spiro atoms. The quantitative estimate of drug-likeness (QED) is 0.476. The second kappa shape index (κ2) is 12.2. The van der Waals surface area contributed by atoms with Crippen molar-refractivity contribution in [2.75, 3.05) is 25.4 Å².